The van der Waals surface area contributed by atoms with E-state index in [0.29, 0.717) is 12.4 Å². The van der Waals surface area contributed by atoms with Crippen molar-refractivity contribution < 1.29 is 4.74 Å². The Morgan fingerprint density at radius 3 is 2.72 bits per heavy atom. The topological polar surface area (TPSA) is 64.3 Å². The van der Waals surface area contributed by atoms with Gasteiger partial charge in [0.05, 0.1) is 11.4 Å². The molecule has 7 heteroatoms. The Morgan fingerprint density at radius 2 is 1.92 bits per heavy atom. The number of rotatable bonds is 4. The van der Waals surface area contributed by atoms with Crippen molar-refractivity contribution in [2.45, 2.75) is 18.7 Å². The molecule has 0 spiro atoms. The van der Waals surface area contributed by atoms with Gasteiger partial charge in [0.2, 0.25) is 5.16 Å². The third-order valence-electron chi connectivity index (χ3n) is 3.69. The number of hydrogen-bond donors (Lipinski definition) is 1. The summed E-state index contributed by atoms with van der Waals surface area (Å²) < 4.78 is 7.61. The van der Waals surface area contributed by atoms with E-state index in [2.05, 4.69) is 39.7 Å². The minimum Gasteiger partial charge on any atom is -0.486 e. The smallest absolute Gasteiger partial charge is 0.210 e. The Balaban J connectivity index is 1.50. The van der Waals surface area contributed by atoms with E-state index in [-0.39, 0.29) is 0 Å². The monoisotopic (exact) mass is 351 g/mol. The highest BCUT2D eigenvalue weighted by molar-refractivity contribution is 7.99. The number of benzene rings is 2. The molecule has 2 heterocycles. The minimum absolute atomic E-state index is 0.336. The predicted molar refractivity (Wildman–Crippen MR) is 99.2 cm³/mol. The van der Waals surface area contributed by atoms with E-state index in [4.69, 9.17) is 4.74 Å². The number of thioether (sulfide) groups is 1. The lowest BCUT2D eigenvalue weighted by Gasteiger charge is -2.19. The highest BCUT2D eigenvalue weighted by Crippen LogP contribution is 2.23. The molecule has 0 unspecified atom stereocenters. The zero-order chi connectivity index (χ0) is 17.1. The summed E-state index contributed by atoms with van der Waals surface area (Å²) >= 11 is 1.60. The fourth-order valence-electron chi connectivity index (χ4n) is 2.39. The molecule has 0 saturated heterocycles. The number of para-hydroxylation sites is 1. The van der Waals surface area contributed by atoms with Crippen molar-refractivity contribution in [3.8, 4) is 5.75 Å². The predicted octanol–water partition coefficient (Wildman–Crippen LogP) is 3.54. The molecule has 0 aliphatic carbocycles. The second-order valence-corrected chi connectivity index (χ2v) is 6.57. The van der Waals surface area contributed by atoms with Crippen LogP contribution in [-0.4, -0.2) is 26.5 Å². The van der Waals surface area contributed by atoms with Crippen LogP contribution in [0.4, 0.5) is 5.69 Å². The van der Waals surface area contributed by atoms with Gasteiger partial charge in [-0.25, -0.2) is 9.67 Å². The van der Waals surface area contributed by atoms with E-state index >= 15 is 0 Å². The van der Waals surface area contributed by atoms with Crippen molar-refractivity contribution in [3.05, 3.63) is 66.0 Å². The first-order valence-electron chi connectivity index (χ1n) is 7.94. The first kappa shape index (κ1) is 15.7. The molecule has 126 valence electrons. The molecule has 1 aliphatic heterocycles. The van der Waals surface area contributed by atoms with Crippen LogP contribution in [0.5, 0.6) is 5.75 Å². The van der Waals surface area contributed by atoms with Crippen molar-refractivity contribution in [3.63, 3.8) is 0 Å². The second-order valence-electron chi connectivity index (χ2n) is 5.63. The van der Waals surface area contributed by atoms with Crippen molar-refractivity contribution in [2.75, 3.05) is 11.2 Å². The van der Waals surface area contributed by atoms with Crippen molar-refractivity contribution in [2.24, 2.45) is 4.99 Å². The molecule has 1 N–H and O–H groups in total. The summed E-state index contributed by atoms with van der Waals surface area (Å²) in [5.41, 5.74) is 5.43. The number of nitrogens with one attached hydrogen (secondary N) is 1. The van der Waals surface area contributed by atoms with Crippen LogP contribution in [0.2, 0.25) is 0 Å². The molecule has 2 aromatic carbocycles. The Kier molecular flexibility index (Phi) is 4.39. The largest absolute Gasteiger partial charge is 0.486 e. The first-order chi connectivity index (χ1) is 12.3. The Morgan fingerprint density at radius 1 is 1.12 bits per heavy atom. The van der Waals surface area contributed by atoms with Crippen molar-refractivity contribution >= 4 is 23.3 Å². The maximum Gasteiger partial charge on any atom is 0.210 e. The second kappa shape index (κ2) is 6.98. The highest BCUT2D eigenvalue weighted by Gasteiger charge is 2.20. The molecule has 0 atom stereocenters. The number of ether oxygens (including phenoxy) is 1. The molecular weight excluding hydrogens is 334 g/mol. The number of amidine groups is 1. The molecule has 0 amide bonds. The van der Waals surface area contributed by atoms with Crippen molar-refractivity contribution in [1.29, 1.82) is 0 Å². The summed E-state index contributed by atoms with van der Waals surface area (Å²) in [7, 11) is 0. The van der Waals surface area contributed by atoms with Gasteiger partial charge in [-0.2, -0.15) is 0 Å². The Hall–Kier alpha value is -2.80. The first-order valence-corrected chi connectivity index (χ1v) is 8.93. The van der Waals surface area contributed by atoms with Gasteiger partial charge in [-0.3, -0.25) is 5.43 Å². The van der Waals surface area contributed by atoms with Crippen LogP contribution in [0.25, 0.3) is 0 Å². The lowest BCUT2D eigenvalue weighted by molar-refractivity contribution is 0.291. The molecule has 3 aromatic rings. The summed E-state index contributed by atoms with van der Waals surface area (Å²) in [5.74, 6) is 3.10. The average molecular weight is 351 g/mol. The summed E-state index contributed by atoms with van der Waals surface area (Å²) in [6.07, 6.45) is 0. The number of nitrogens with zero attached hydrogens (tertiary/aromatic N) is 4. The SMILES string of the molecule is Cc1ccc(N=C2CSc3nnc(COc4ccccc4)n3N2)cc1. The van der Waals surface area contributed by atoms with Crippen LogP contribution in [0.15, 0.2) is 64.7 Å². The molecule has 25 heavy (non-hydrogen) atoms. The maximum absolute atomic E-state index is 5.77. The molecule has 0 radical (unpaired) electrons. The zero-order valence-corrected chi connectivity index (χ0v) is 14.5. The number of hydrogen-bond acceptors (Lipinski definition) is 5. The fraction of sp³-hybridized carbons (Fsp3) is 0.167. The normalized spacial score (nSPS) is 14.8. The van der Waals surface area contributed by atoms with Gasteiger partial charge in [0.15, 0.2) is 5.82 Å². The van der Waals surface area contributed by atoms with Crippen LogP contribution >= 0.6 is 11.8 Å². The maximum atomic E-state index is 5.77. The van der Waals surface area contributed by atoms with Gasteiger partial charge in [0.25, 0.3) is 0 Å². The van der Waals surface area contributed by atoms with Crippen LogP contribution < -0.4 is 10.2 Å². The van der Waals surface area contributed by atoms with Gasteiger partial charge in [-0.15, -0.1) is 10.2 Å². The van der Waals surface area contributed by atoms with Crippen LogP contribution in [-0.2, 0) is 6.61 Å². The Labute approximate surface area is 149 Å². The van der Waals surface area contributed by atoms with Crippen LogP contribution in [0.3, 0.4) is 0 Å². The van der Waals surface area contributed by atoms with Gasteiger partial charge < -0.3 is 4.74 Å². The lowest BCUT2D eigenvalue weighted by Crippen LogP contribution is -2.31. The molecule has 4 rings (SSSR count). The van der Waals surface area contributed by atoms with Gasteiger partial charge in [0, 0.05) is 0 Å². The lowest BCUT2D eigenvalue weighted by atomic mass is 10.2. The van der Waals surface area contributed by atoms with Crippen LogP contribution in [0.1, 0.15) is 11.4 Å². The number of fused-ring (bicyclic) bond motifs is 1. The molecule has 1 aromatic heterocycles. The highest BCUT2D eigenvalue weighted by atomic mass is 32.2. The minimum atomic E-state index is 0.336. The van der Waals surface area contributed by atoms with Gasteiger partial charge in [-0.1, -0.05) is 47.7 Å². The zero-order valence-electron chi connectivity index (χ0n) is 13.7. The number of aromatic nitrogens is 3. The molecule has 1 aliphatic rings. The van der Waals surface area contributed by atoms with E-state index in [1.54, 1.807) is 11.8 Å². The van der Waals surface area contributed by atoms with E-state index in [1.807, 2.05) is 47.1 Å². The van der Waals surface area contributed by atoms with E-state index in [1.165, 1.54) is 5.56 Å². The van der Waals surface area contributed by atoms with Gasteiger partial charge in [-0.05, 0) is 31.2 Å². The number of aryl methyl sites for hydroxylation is 1. The summed E-state index contributed by atoms with van der Waals surface area (Å²) in [4.78, 5) is 4.66. The summed E-state index contributed by atoms with van der Waals surface area (Å²) in [6.45, 7) is 2.40. The quantitative estimate of drug-likeness (QED) is 0.779. The fourth-order valence-corrected chi connectivity index (χ4v) is 3.16. The molecular formula is C18H17N5OS. The third-order valence-corrected chi connectivity index (χ3v) is 4.63. The van der Waals surface area contributed by atoms with E-state index < -0.39 is 0 Å². The molecule has 0 saturated carbocycles. The van der Waals surface area contributed by atoms with Crippen LogP contribution in [0, 0.1) is 6.92 Å². The van der Waals surface area contributed by atoms with Gasteiger partial charge >= 0.3 is 0 Å². The standard InChI is InChI=1S/C18H17N5OS/c1-13-7-9-14(10-8-13)19-16-12-25-18-21-20-17(23(18)22-16)11-24-15-5-3-2-4-6-15/h2-10H,11-12H2,1H3,(H,19,22). The Bertz CT molecular complexity index is 890. The molecule has 0 bridgehead atoms. The van der Waals surface area contributed by atoms with Gasteiger partial charge in [0.1, 0.15) is 18.2 Å². The third kappa shape index (κ3) is 3.66. The summed E-state index contributed by atoms with van der Waals surface area (Å²) in [5, 5.41) is 9.23. The van der Waals surface area contributed by atoms with E-state index in [9.17, 15) is 0 Å². The average Bonchev–Trinajstić information content (AvgIpc) is 3.05. The van der Waals surface area contributed by atoms with Crippen molar-refractivity contribution in [1.82, 2.24) is 14.9 Å². The molecule has 0 fully saturated rings. The van der Waals surface area contributed by atoms with E-state index in [0.717, 1.165) is 28.2 Å². The summed E-state index contributed by atoms with van der Waals surface area (Å²) in [6, 6.07) is 17.8. The molecule has 6 nitrogen and oxygen atoms in total. The number of aliphatic imine (C=N–C) groups is 1.